The molecule has 0 aromatic rings. The molecule has 0 amide bonds. The van der Waals surface area contributed by atoms with Crippen LogP contribution in [0.3, 0.4) is 0 Å². The van der Waals surface area contributed by atoms with Crippen molar-refractivity contribution < 1.29 is 0 Å². The van der Waals surface area contributed by atoms with Crippen molar-refractivity contribution in [2.24, 2.45) is 5.92 Å². The predicted molar refractivity (Wildman–Crippen MR) is 60.5 cm³/mol. The third-order valence-electron chi connectivity index (χ3n) is 4.15. The molecular formula is C12H24N2. The zero-order chi connectivity index (χ0) is 9.97. The molecule has 0 radical (unpaired) electrons. The molecule has 0 bridgehead atoms. The monoisotopic (exact) mass is 196 g/mol. The highest BCUT2D eigenvalue weighted by Crippen LogP contribution is 2.27. The van der Waals surface area contributed by atoms with Gasteiger partial charge in [-0.3, -0.25) is 0 Å². The number of nitrogens with one attached hydrogen (secondary N) is 1. The van der Waals surface area contributed by atoms with Crippen LogP contribution in [0.5, 0.6) is 0 Å². The molecule has 0 unspecified atom stereocenters. The zero-order valence-corrected chi connectivity index (χ0v) is 9.63. The molecular weight excluding hydrogens is 172 g/mol. The molecule has 2 heteroatoms. The molecule has 14 heavy (non-hydrogen) atoms. The Labute approximate surface area is 88.1 Å². The molecule has 2 atom stereocenters. The maximum absolute atomic E-state index is 3.42. The fourth-order valence-electron chi connectivity index (χ4n) is 2.95. The summed E-state index contributed by atoms with van der Waals surface area (Å²) in [6.07, 6.45) is 7.01. The fourth-order valence-corrected chi connectivity index (χ4v) is 2.95. The zero-order valence-electron chi connectivity index (χ0n) is 9.63. The first-order valence-corrected chi connectivity index (χ1v) is 6.21. The maximum Gasteiger partial charge on any atom is 0.0111 e. The van der Waals surface area contributed by atoms with Gasteiger partial charge in [0.25, 0.3) is 0 Å². The summed E-state index contributed by atoms with van der Waals surface area (Å²) in [6.45, 7) is 5.09. The van der Waals surface area contributed by atoms with E-state index in [-0.39, 0.29) is 0 Å². The number of hydrogen-bond donors (Lipinski definition) is 1. The summed E-state index contributed by atoms with van der Waals surface area (Å²) in [4.78, 5) is 2.73. The molecule has 2 aliphatic rings. The van der Waals surface area contributed by atoms with Gasteiger partial charge in [-0.05, 0) is 58.2 Å². The van der Waals surface area contributed by atoms with Crippen molar-refractivity contribution >= 4 is 0 Å². The predicted octanol–water partition coefficient (Wildman–Crippen LogP) is 1.86. The van der Waals surface area contributed by atoms with Crippen LogP contribution in [-0.2, 0) is 0 Å². The molecule has 1 N–H and O–H groups in total. The van der Waals surface area contributed by atoms with E-state index in [0.717, 1.165) is 18.0 Å². The smallest absolute Gasteiger partial charge is 0.0111 e. The lowest BCUT2D eigenvalue weighted by Gasteiger charge is -2.35. The minimum atomic E-state index is 0.791. The summed E-state index contributed by atoms with van der Waals surface area (Å²) in [5.74, 6) is 0.966. The van der Waals surface area contributed by atoms with Gasteiger partial charge in [0, 0.05) is 12.1 Å². The van der Waals surface area contributed by atoms with Crippen LogP contribution < -0.4 is 5.32 Å². The van der Waals surface area contributed by atoms with Crippen LogP contribution in [0.1, 0.15) is 39.0 Å². The third-order valence-corrected chi connectivity index (χ3v) is 4.15. The van der Waals surface area contributed by atoms with Gasteiger partial charge in [-0.25, -0.2) is 0 Å². The van der Waals surface area contributed by atoms with Gasteiger partial charge >= 0.3 is 0 Å². The molecule has 0 aromatic heterocycles. The normalized spacial score (nSPS) is 36.4. The van der Waals surface area contributed by atoms with E-state index in [0.29, 0.717) is 0 Å². The molecule has 1 saturated carbocycles. The van der Waals surface area contributed by atoms with Crippen molar-refractivity contribution in [3.63, 3.8) is 0 Å². The van der Waals surface area contributed by atoms with Crippen LogP contribution in [0.4, 0.5) is 0 Å². The Hall–Kier alpha value is -0.0800. The standard InChI is InChI=1S/C12H24N2/c1-10-5-7-14(8-6-10)12-4-3-11(9-12)13-2/h10-13H,3-9H2,1-2H3/t11-,12+/m1/s1. The summed E-state index contributed by atoms with van der Waals surface area (Å²) in [7, 11) is 2.10. The lowest BCUT2D eigenvalue weighted by atomic mass is 9.97. The SMILES string of the molecule is CN[C@@H]1CC[C@H](N2CCC(C)CC2)C1. The fraction of sp³-hybridized carbons (Fsp3) is 1.00. The molecule has 1 saturated heterocycles. The highest BCUT2D eigenvalue weighted by atomic mass is 15.2. The summed E-state index contributed by atoms with van der Waals surface area (Å²) >= 11 is 0. The second-order valence-electron chi connectivity index (χ2n) is 5.17. The second-order valence-corrected chi connectivity index (χ2v) is 5.17. The summed E-state index contributed by atoms with van der Waals surface area (Å²) < 4.78 is 0. The Morgan fingerprint density at radius 1 is 1.07 bits per heavy atom. The lowest BCUT2D eigenvalue weighted by Crippen LogP contribution is -2.40. The van der Waals surface area contributed by atoms with Crippen molar-refractivity contribution in [1.29, 1.82) is 0 Å². The Kier molecular flexibility index (Phi) is 3.45. The minimum Gasteiger partial charge on any atom is -0.317 e. The Morgan fingerprint density at radius 3 is 2.36 bits per heavy atom. The molecule has 2 rings (SSSR count). The minimum absolute atomic E-state index is 0.791. The van der Waals surface area contributed by atoms with Crippen molar-refractivity contribution in [2.75, 3.05) is 20.1 Å². The van der Waals surface area contributed by atoms with Gasteiger partial charge in [-0.2, -0.15) is 0 Å². The first-order chi connectivity index (χ1) is 6.79. The van der Waals surface area contributed by atoms with E-state index in [1.807, 2.05) is 0 Å². The van der Waals surface area contributed by atoms with Gasteiger partial charge in [-0.1, -0.05) is 6.92 Å². The largest absolute Gasteiger partial charge is 0.317 e. The van der Waals surface area contributed by atoms with E-state index in [2.05, 4.69) is 24.2 Å². The molecule has 1 heterocycles. The van der Waals surface area contributed by atoms with Gasteiger partial charge < -0.3 is 10.2 Å². The molecule has 2 nitrogen and oxygen atoms in total. The van der Waals surface area contributed by atoms with Crippen molar-refractivity contribution in [1.82, 2.24) is 10.2 Å². The highest BCUT2D eigenvalue weighted by Gasteiger charge is 2.29. The van der Waals surface area contributed by atoms with Crippen molar-refractivity contribution in [3.8, 4) is 0 Å². The number of nitrogens with zero attached hydrogens (tertiary/aromatic N) is 1. The topological polar surface area (TPSA) is 15.3 Å². The van der Waals surface area contributed by atoms with E-state index >= 15 is 0 Å². The number of hydrogen-bond acceptors (Lipinski definition) is 2. The number of likely N-dealkylation sites (tertiary alicyclic amines) is 1. The maximum atomic E-state index is 3.42. The molecule has 82 valence electrons. The van der Waals surface area contributed by atoms with Crippen LogP contribution in [0, 0.1) is 5.92 Å². The van der Waals surface area contributed by atoms with Gasteiger partial charge in [0.2, 0.25) is 0 Å². The van der Waals surface area contributed by atoms with Gasteiger partial charge in [0.15, 0.2) is 0 Å². The number of rotatable bonds is 2. The lowest BCUT2D eigenvalue weighted by molar-refractivity contribution is 0.138. The summed E-state index contributed by atoms with van der Waals surface area (Å²) in [5, 5.41) is 3.42. The van der Waals surface area contributed by atoms with Gasteiger partial charge in [0.1, 0.15) is 0 Å². The summed E-state index contributed by atoms with van der Waals surface area (Å²) in [5.41, 5.74) is 0. The van der Waals surface area contributed by atoms with Crippen LogP contribution >= 0.6 is 0 Å². The van der Waals surface area contributed by atoms with E-state index in [9.17, 15) is 0 Å². The molecule has 0 spiro atoms. The molecule has 1 aliphatic carbocycles. The summed E-state index contributed by atoms with van der Waals surface area (Å²) in [6, 6.07) is 1.68. The van der Waals surface area contributed by atoms with E-state index < -0.39 is 0 Å². The van der Waals surface area contributed by atoms with E-state index in [4.69, 9.17) is 0 Å². The van der Waals surface area contributed by atoms with Crippen molar-refractivity contribution in [3.05, 3.63) is 0 Å². The van der Waals surface area contributed by atoms with Crippen LogP contribution in [0.2, 0.25) is 0 Å². The second kappa shape index (κ2) is 4.63. The first kappa shape index (κ1) is 10.4. The van der Waals surface area contributed by atoms with E-state index in [1.54, 1.807) is 0 Å². The Balaban J connectivity index is 1.79. The third kappa shape index (κ3) is 2.29. The molecule has 1 aliphatic heterocycles. The quantitative estimate of drug-likeness (QED) is 0.725. The van der Waals surface area contributed by atoms with Crippen LogP contribution in [0.15, 0.2) is 0 Å². The average molecular weight is 196 g/mol. The van der Waals surface area contributed by atoms with Gasteiger partial charge in [0.05, 0.1) is 0 Å². The number of piperidine rings is 1. The van der Waals surface area contributed by atoms with E-state index in [1.165, 1.54) is 45.2 Å². The average Bonchev–Trinajstić information content (AvgIpc) is 2.67. The molecule has 0 aromatic carbocycles. The van der Waals surface area contributed by atoms with Crippen LogP contribution in [-0.4, -0.2) is 37.1 Å². The highest BCUT2D eigenvalue weighted by molar-refractivity contribution is 4.87. The Bertz CT molecular complexity index is 173. The first-order valence-electron chi connectivity index (χ1n) is 6.21. The van der Waals surface area contributed by atoms with Crippen molar-refractivity contribution in [2.45, 2.75) is 51.1 Å². The van der Waals surface area contributed by atoms with Crippen LogP contribution in [0.25, 0.3) is 0 Å². The van der Waals surface area contributed by atoms with Gasteiger partial charge in [-0.15, -0.1) is 0 Å². The Morgan fingerprint density at radius 2 is 1.79 bits per heavy atom. The molecule has 2 fully saturated rings.